The molecule has 0 spiro atoms. The number of hydrogen-bond donors (Lipinski definition) is 1. The molecule has 112 valence electrons. The van der Waals surface area contributed by atoms with E-state index in [1.165, 1.54) is 6.07 Å². The molecule has 2 aromatic rings. The van der Waals surface area contributed by atoms with Crippen molar-refractivity contribution >= 4 is 11.6 Å². The minimum atomic E-state index is -0.148. The Morgan fingerprint density at radius 3 is 2.52 bits per heavy atom. The summed E-state index contributed by atoms with van der Waals surface area (Å²) in [5.74, 6) is 0.0206. The monoisotopic (exact) mass is 305 g/mol. The van der Waals surface area contributed by atoms with Crippen molar-refractivity contribution in [1.82, 2.24) is 5.32 Å². The number of halogens is 2. The lowest BCUT2D eigenvalue weighted by Crippen LogP contribution is -2.24. The van der Waals surface area contributed by atoms with E-state index in [2.05, 4.69) is 12.2 Å². The third-order valence-electron chi connectivity index (χ3n) is 3.59. The molecule has 2 aromatic carbocycles. The van der Waals surface area contributed by atoms with Crippen LogP contribution in [0.2, 0.25) is 5.02 Å². The normalized spacial score (nSPS) is 12.3. The van der Waals surface area contributed by atoms with Crippen molar-refractivity contribution in [2.75, 3.05) is 13.1 Å². The Labute approximate surface area is 131 Å². The largest absolute Gasteiger partial charge is 0.316 e. The summed E-state index contributed by atoms with van der Waals surface area (Å²) >= 11 is 6.32. The van der Waals surface area contributed by atoms with Gasteiger partial charge in [0, 0.05) is 17.5 Å². The lowest BCUT2D eigenvalue weighted by molar-refractivity contribution is 0.553. The van der Waals surface area contributed by atoms with Gasteiger partial charge in [-0.2, -0.15) is 0 Å². The average Bonchev–Trinajstić information content (AvgIpc) is 2.49. The third kappa shape index (κ3) is 4.55. The minimum absolute atomic E-state index is 0.148. The molecule has 0 heterocycles. The van der Waals surface area contributed by atoms with Crippen LogP contribution < -0.4 is 5.32 Å². The highest BCUT2D eigenvalue weighted by Gasteiger charge is 2.16. The second kappa shape index (κ2) is 8.16. The fraction of sp³-hybridized carbons (Fsp3) is 0.333. The number of nitrogens with one attached hydrogen (secondary N) is 1. The van der Waals surface area contributed by atoms with Crippen LogP contribution in [-0.2, 0) is 6.42 Å². The van der Waals surface area contributed by atoms with Crippen LogP contribution in [0.4, 0.5) is 4.39 Å². The summed E-state index contributed by atoms with van der Waals surface area (Å²) < 4.78 is 13.9. The van der Waals surface area contributed by atoms with Crippen LogP contribution in [0, 0.1) is 5.82 Å². The Morgan fingerprint density at radius 1 is 1.10 bits per heavy atom. The first-order chi connectivity index (χ1) is 10.2. The topological polar surface area (TPSA) is 12.0 Å². The molecule has 0 aliphatic rings. The minimum Gasteiger partial charge on any atom is -0.316 e. The standard InChI is InChI=1S/C18H21ClFN/c1-2-11-21-13-15(16-8-4-5-9-17(16)19)12-14-7-3-6-10-18(14)20/h3-10,15,21H,2,11-13H2,1H3. The summed E-state index contributed by atoms with van der Waals surface area (Å²) in [6, 6.07) is 14.8. The van der Waals surface area contributed by atoms with Gasteiger partial charge in [-0.3, -0.25) is 0 Å². The Kier molecular flexibility index (Phi) is 6.21. The van der Waals surface area contributed by atoms with E-state index in [1.807, 2.05) is 36.4 Å². The molecule has 0 aromatic heterocycles. The van der Waals surface area contributed by atoms with E-state index in [0.29, 0.717) is 6.42 Å². The van der Waals surface area contributed by atoms with Gasteiger partial charge < -0.3 is 5.32 Å². The van der Waals surface area contributed by atoms with Crippen LogP contribution in [0.5, 0.6) is 0 Å². The number of rotatable bonds is 7. The van der Waals surface area contributed by atoms with Gasteiger partial charge in [-0.05, 0) is 42.6 Å². The van der Waals surface area contributed by atoms with Crippen molar-refractivity contribution in [2.45, 2.75) is 25.7 Å². The van der Waals surface area contributed by atoms with Gasteiger partial charge >= 0.3 is 0 Å². The zero-order chi connectivity index (χ0) is 15.1. The maximum atomic E-state index is 13.9. The Balaban J connectivity index is 2.20. The third-order valence-corrected chi connectivity index (χ3v) is 3.93. The van der Waals surface area contributed by atoms with Crippen molar-refractivity contribution in [2.24, 2.45) is 0 Å². The highest BCUT2D eigenvalue weighted by atomic mass is 35.5. The molecular formula is C18H21ClFN. The Morgan fingerprint density at radius 2 is 1.81 bits per heavy atom. The molecule has 0 saturated carbocycles. The lowest BCUT2D eigenvalue weighted by Gasteiger charge is -2.20. The van der Waals surface area contributed by atoms with Crippen molar-refractivity contribution in [3.05, 3.63) is 70.5 Å². The summed E-state index contributed by atoms with van der Waals surface area (Å²) in [7, 11) is 0. The Bertz CT molecular complexity index is 571. The molecule has 1 N–H and O–H groups in total. The van der Waals surface area contributed by atoms with Crippen LogP contribution >= 0.6 is 11.6 Å². The maximum absolute atomic E-state index is 13.9. The fourth-order valence-electron chi connectivity index (χ4n) is 2.48. The fourth-order valence-corrected chi connectivity index (χ4v) is 2.77. The first-order valence-corrected chi connectivity index (χ1v) is 7.78. The molecule has 1 atom stereocenters. The molecule has 21 heavy (non-hydrogen) atoms. The summed E-state index contributed by atoms with van der Waals surface area (Å²) in [6.07, 6.45) is 1.72. The quantitative estimate of drug-likeness (QED) is 0.724. The highest BCUT2D eigenvalue weighted by molar-refractivity contribution is 6.31. The lowest BCUT2D eigenvalue weighted by atomic mass is 9.91. The van der Waals surface area contributed by atoms with E-state index in [0.717, 1.165) is 35.7 Å². The molecule has 0 radical (unpaired) electrons. The van der Waals surface area contributed by atoms with E-state index in [4.69, 9.17) is 11.6 Å². The van der Waals surface area contributed by atoms with Crippen LogP contribution in [0.1, 0.15) is 30.4 Å². The first-order valence-electron chi connectivity index (χ1n) is 7.41. The smallest absolute Gasteiger partial charge is 0.126 e. The van der Waals surface area contributed by atoms with Crippen molar-refractivity contribution < 1.29 is 4.39 Å². The molecule has 1 nitrogen and oxygen atoms in total. The molecule has 0 aliphatic carbocycles. The van der Waals surface area contributed by atoms with Crippen LogP contribution in [-0.4, -0.2) is 13.1 Å². The van der Waals surface area contributed by atoms with E-state index in [1.54, 1.807) is 6.07 Å². The van der Waals surface area contributed by atoms with E-state index < -0.39 is 0 Å². The Hall–Kier alpha value is -1.38. The molecule has 0 fully saturated rings. The molecule has 1 unspecified atom stereocenters. The van der Waals surface area contributed by atoms with Crippen molar-refractivity contribution in [3.8, 4) is 0 Å². The van der Waals surface area contributed by atoms with E-state index in [-0.39, 0.29) is 11.7 Å². The number of benzene rings is 2. The second-order valence-electron chi connectivity index (χ2n) is 5.22. The second-order valence-corrected chi connectivity index (χ2v) is 5.63. The summed E-state index contributed by atoms with van der Waals surface area (Å²) in [5.41, 5.74) is 1.81. The van der Waals surface area contributed by atoms with Gasteiger partial charge in [0.15, 0.2) is 0 Å². The van der Waals surface area contributed by atoms with Crippen molar-refractivity contribution in [3.63, 3.8) is 0 Å². The maximum Gasteiger partial charge on any atom is 0.126 e. The van der Waals surface area contributed by atoms with Crippen LogP contribution in [0.15, 0.2) is 48.5 Å². The molecule has 0 amide bonds. The number of hydrogen-bond acceptors (Lipinski definition) is 1. The molecule has 0 aliphatic heterocycles. The van der Waals surface area contributed by atoms with Gasteiger partial charge in [0.2, 0.25) is 0 Å². The summed E-state index contributed by atoms with van der Waals surface area (Å²) in [5, 5.41) is 4.17. The summed E-state index contributed by atoms with van der Waals surface area (Å²) in [4.78, 5) is 0. The van der Waals surface area contributed by atoms with E-state index >= 15 is 0 Å². The van der Waals surface area contributed by atoms with Crippen molar-refractivity contribution in [1.29, 1.82) is 0 Å². The molecule has 0 saturated heterocycles. The van der Waals surface area contributed by atoms with Gasteiger partial charge in [-0.1, -0.05) is 54.9 Å². The molecule has 0 bridgehead atoms. The van der Waals surface area contributed by atoms with Gasteiger partial charge in [0.05, 0.1) is 0 Å². The first kappa shape index (κ1) is 16.0. The zero-order valence-corrected chi connectivity index (χ0v) is 13.0. The van der Waals surface area contributed by atoms with Gasteiger partial charge in [-0.25, -0.2) is 4.39 Å². The van der Waals surface area contributed by atoms with Gasteiger partial charge in [-0.15, -0.1) is 0 Å². The average molecular weight is 306 g/mol. The predicted octanol–water partition coefficient (Wildman–Crippen LogP) is 4.81. The molecule has 3 heteroatoms. The summed E-state index contributed by atoms with van der Waals surface area (Å²) in [6.45, 7) is 3.89. The molecule has 2 rings (SSSR count). The predicted molar refractivity (Wildman–Crippen MR) is 87.5 cm³/mol. The zero-order valence-electron chi connectivity index (χ0n) is 12.3. The highest BCUT2D eigenvalue weighted by Crippen LogP contribution is 2.27. The van der Waals surface area contributed by atoms with Gasteiger partial charge in [0.1, 0.15) is 5.82 Å². The SMILES string of the molecule is CCCNCC(Cc1ccccc1F)c1ccccc1Cl. The van der Waals surface area contributed by atoms with Crippen LogP contribution in [0.3, 0.4) is 0 Å². The molecular weight excluding hydrogens is 285 g/mol. The van der Waals surface area contributed by atoms with E-state index in [9.17, 15) is 4.39 Å². The van der Waals surface area contributed by atoms with Crippen LogP contribution in [0.25, 0.3) is 0 Å². The van der Waals surface area contributed by atoms with Gasteiger partial charge in [0.25, 0.3) is 0 Å².